The van der Waals surface area contributed by atoms with Gasteiger partial charge in [0.15, 0.2) is 12.2 Å². The fourth-order valence-electron chi connectivity index (χ4n) is 8.99. The van der Waals surface area contributed by atoms with Gasteiger partial charge in [-0.15, -0.1) is 0 Å². The van der Waals surface area contributed by atoms with Crippen LogP contribution < -0.4 is 0 Å². The number of unbranched alkanes of at least 4 members (excludes halogenated alkanes) is 21. The number of rotatable bonds is 66. The largest absolute Gasteiger partial charge is 0.472 e. The molecule has 3 N–H and O–H groups in total. The van der Waals surface area contributed by atoms with Crippen LogP contribution in [0.3, 0.4) is 0 Å². The molecule has 0 aliphatic rings. The summed E-state index contributed by atoms with van der Waals surface area (Å²) in [6.07, 6.45) is 71.0. The summed E-state index contributed by atoms with van der Waals surface area (Å²) in [5.74, 6) is -2.37. The van der Waals surface area contributed by atoms with Crippen molar-refractivity contribution in [2.75, 3.05) is 39.6 Å². The van der Waals surface area contributed by atoms with Crippen LogP contribution in [0.4, 0.5) is 0 Å². The number of ether oxygens (including phenoxy) is 4. The zero-order chi connectivity index (χ0) is 69.0. The molecule has 5 unspecified atom stereocenters. The minimum Gasteiger partial charge on any atom is -0.462 e. The summed E-state index contributed by atoms with van der Waals surface area (Å²) in [4.78, 5) is 72.5. The Labute approximate surface area is 568 Å². The summed E-state index contributed by atoms with van der Waals surface area (Å²) in [6, 6.07) is 0. The Morgan fingerprint density at radius 3 is 0.989 bits per heavy atom. The Balaban J connectivity index is 5.42. The zero-order valence-electron chi connectivity index (χ0n) is 58.3. The molecule has 0 spiro atoms. The van der Waals surface area contributed by atoms with E-state index in [1.165, 1.54) is 38.5 Å². The molecule has 17 nitrogen and oxygen atoms in total. The van der Waals surface area contributed by atoms with E-state index in [9.17, 15) is 43.2 Å². The summed E-state index contributed by atoms with van der Waals surface area (Å²) in [7, 11) is -9.97. The molecule has 0 aromatic rings. The smallest absolute Gasteiger partial charge is 0.462 e. The van der Waals surface area contributed by atoms with E-state index in [0.717, 1.165) is 154 Å². The molecule has 0 saturated carbocycles. The Hall–Kier alpha value is -4.54. The average Bonchev–Trinajstić information content (AvgIpc) is 1.36. The first-order valence-corrected chi connectivity index (χ1v) is 38.8. The molecule has 94 heavy (non-hydrogen) atoms. The van der Waals surface area contributed by atoms with E-state index >= 15 is 0 Å². The molecule has 0 aliphatic carbocycles. The second kappa shape index (κ2) is 67.0. The van der Waals surface area contributed by atoms with Crippen molar-refractivity contribution in [3.63, 3.8) is 0 Å². The van der Waals surface area contributed by atoms with E-state index in [1.807, 2.05) is 18.2 Å². The molecule has 0 rings (SSSR count). The van der Waals surface area contributed by atoms with E-state index in [0.29, 0.717) is 25.7 Å². The van der Waals surface area contributed by atoms with Crippen molar-refractivity contribution in [1.82, 2.24) is 0 Å². The Bertz CT molecular complexity index is 2270. The third-order valence-electron chi connectivity index (χ3n) is 14.4. The monoisotopic (exact) mass is 1360 g/mol. The van der Waals surface area contributed by atoms with Gasteiger partial charge in [-0.05, 0) is 128 Å². The number of phosphoric acid groups is 2. The lowest BCUT2D eigenvalue weighted by Crippen LogP contribution is -2.30. The van der Waals surface area contributed by atoms with Gasteiger partial charge < -0.3 is 33.8 Å². The summed E-state index contributed by atoms with van der Waals surface area (Å²) >= 11 is 0. The van der Waals surface area contributed by atoms with Gasteiger partial charge in [-0.1, -0.05) is 239 Å². The van der Waals surface area contributed by atoms with Gasteiger partial charge in [-0.25, -0.2) is 9.13 Å². The standard InChI is InChI=1S/C75H126O17P2/c1-5-9-13-17-21-25-29-32-34-37-41-44-48-52-56-60-73(78)86-66-71(92-75(80)62-58-54-50-46-42-38-35-33-30-26-22-18-14-10-6-2)68-90-94(83,84)88-64-69(76)63-87-93(81,82)89-67-70(91-74(79)61-57-53-49-45-39-28-24-20-16-12-8-4)65-85-72(77)59-55-51-47-43-40-36-31-27-23-19-15-11-7-3/h9-10,13-14,20-22,24-27,31-35,41,44,52,56,69-71,76H,5-8,11-12,15-19,23,28-30,36-40,42-43,45-51,53-55,57-68H2,1-4H3,(H,81,82)(H,83,84)/b13-9-,14-10-,24-20-,25-21-,26-22-,31-27-,34-32-,35-33-,44-41-,56-52-. The molecule has 0 aromatic heterocycles. The van der Waals surface area contributed by atoms with Crippen molar-refractivity contribution in [3.05, 3.63) is 122 Å². The normalized spacial score (nSPS) is 14.8. The van der Waals surface area contributed by atoms with Crippen molar-refractivity contribution < 1.29 is 80.2 Å². The molecule has 0 amide bonds. The van der Waals surface area contributed by atoms with Crippen LogP contribution in [0.1, 0.15) is 272 Å². The second-order valence-electron chi connectivity index (χ2n) is 23.4. The van der Waals surface area contributed by atoms with Gasteiger partial charge in [-0.2, -0.15) is 0 Å². The van der Waals surface area contributed by atoms with Crippen molar-refractivity contribution in [3.8, 4) is 0 Å². The molecular formula is C75H126O17P2. The first-order valence-electron chi connectivity index (χ1n) is 35.8. The fourth-order valence-corrected chi connectivity index (χ4v) is 10.6. The maximum atomic E-state index is 13.0. The van der Waals surface area contributed by atoms with E-state index in [-0.39, 0.29) is 25.7 Å². The highest BCUT2D eigenvalue weighted by atomic mass is 31.2. The van der Waals surface area contributed by atoms with Crippen LogP contribution >= 0.6 is 15.6 Å². The number of esters is 4. The quantitative estimate of drug-likeness (QED) is 0.0169. The lowest BCUT2D eigenvalue weighted by molar-refractivity contribution is -0.161. The second-order valence-corrected chi connectivity index (χ2v) is 26.3. The first kappa shape index (κ1) is 89.5. The molecule has 0 bridgehead atoms. The lowest BCUT2D eigenvalue weighted by atomic mass is 10.1. The molecular weight excluding hydrogens is 1230 g/mol. The van der Waals surface area contributed by atoms with Crippen LogP contribution in [0.2, 0.25) is 0 Å². The van der Waals surface area contributed by atoms with Crippen molar-refractivity contribution in [2.24, 2.45) is 0 Å². The number of hydrogen-bond acceptors (Lipinski definition) is 15. The third-order valence-corrected chi connectivity index (χ3v) is 16.3. The van der Waals surface area contributed by atoms with Gasteiger partial charge in [-0.3, -0.25) is 37.3 Å². The summed E-state index contributed by atoms with van der Waals surface area (Å²) in [5, 5.41) is 10.6. The summed E-state index contributed by atoms with van der Waals surface area (Å²) in [5.41, 5.74) is 0. The highest BCUT2D eigenvalue weighted by Gasteiger charge is 2.30. The van der Waals surface area contributed by atoms with Crippen LogP contribution in [0, 0.1) is 0 Å². The first-order chi connectivity index (χ1) is 45.7. The lowest BCUT2D eigenvalue weighted by Gasteiger charge is -2.21. The molecule has 0 aromatic carbocycles. The molecule has 0 radical (unpaired) electrons. The molecule has 0 saturated heterocycles. The SMILES string of the molecule is CC/C=C\C/C=C\C/C=C\C/C=C\C/C=C\CC(=O)OCC(COP(=O)(O)OCC(O)COP(=O)(O)OCC(COC(=O)CCCCCCC/C=C\CCCCCC)OC(=O)CCCCCCC/C=C\CCCC)OC(=O)CCCCCCC/C=C\C/C=C\C/C=C\CC. The molecule has 5 atom stereocenters. The molecule has 0 heterocycles. The molecule has 0 fully saturated rings. The predicted octanol–water partition coefficient (Wildman–Crippen LogP) is 20.0. The van der Waals surface area contributed by atoms with Crippen molar-refractivity contribution >= 4 is 39.5 Å². The van der Waals surface area contributed by atoms with E-state index in [4.69, 9.17) is 37.0 Å². The number of hydrogen-bond donors (Lipinski definition) is 3. The van der Waals surface area contributed by atoms with E-state index < -0.39 is 97.5 Å². The van der Waals surface area contributed by atoms with Crippen LogP contribution in [0.5, 0.6) is 0 Å². The van der Waals surface area contributed by atoms with Gasteiger partial charge in [0.1, 0.15) is 19.3 Å². The zero-order valence-corrected chi connectivity index (χ0v) is 60.1. The maximum Gasteiger partial charge on any atom is 0.472 e. The van der Waals surface area contributed by atoms with Crippen LogP contribution in [-0.2, 0) is 65.4 Å². The van der Waals surface area contributed by atoms with E-state index in [2.05, 4.69) is 125 Å². The number of aliphatic hydroxyl groups excluding tert-OH is 1. The van der Waals surface area contributed by atoms with Crippen LogP contribution in [0.15, 0.2) is 122 Å². The number of aliphatic hydroxyl groups is 1. The summed E-state index contributed by atoms with van der Waals surface area (Å²) < 4.78 is 68.1. The topological polar surface area (TPSA) is 237 Å². The summed E-state index contributed by atoms with van der Waals surface area (Å²) in [6.45, 7) is 4.41. The fraction of sp³-hybridized carbons (Fsp3) is 0.680. The molecule has 19 heteroatoms. The van der Waals surface area contributed by atoms with Crippen molar-refractivity contribution in [2.45, 2.75) is 290 Å². The van der Waals surface area contributed by atoms with Gasteiger partial charge >= 0.3 is 39.5 Å². The van der Waals surface area contributed by atoms with Crippen LogP contribution in [-0.4, -0.2) is 96.7 Å². The maximum absolute atomic E-state index is 13.0. The number of carbonyl (C=O) groups is 4. The predicted molar refractivity (Wildman–Crippen MR) is 381 cm³/mol. The van der Waals surface area contributed by atoms with Gasteiger partial charge in [0.25, 0.3) is 0 Å². The highest BCUT2D eigenvalue weighted by Crippen LogP contribution is 2.45. The number of allylic oxidation sites excluding steroid dienone is 19. The molecule has 538 valence electrons. The Kier molecular flexibility index (Phi) is 63.8. The van der Waals surface area contributed by atoms with Gasteiger partial charge in [0.2, 0.25) is 0 Å². The number of carbonyl (C=O) groups excluding carboxylic acids is 4. The van der Waals surface area contributed by atoms with E-state index in [1.54, 1.807) is 6.08 Å². The van der Waals surface area contributed by atoms with Crippen molar-refractivity contribution in [1.29, 1.82) is 0 Å². The van der Waals surface area contributed by atoms with Crippen LogP contribution in [0.25, 0.3) is 0 Å². The Morgan fingerprint density at radius 2 is 0.606 bits per heavy atom. The third kappa shape index (κ3) is 66.1. The Morgan fingerprint density at radius 1 is 0.319 bits per heavy atom. The highest BCUT2D eigenvalue weighted by molar-refractivity contribution is 7.47. The van der Waals surface area contributed by atoms with Gasteiger partial charge in [0, 0.05) is 19.3 Å². The average molecular weight is 1360 g/mol. The molecule has 0 aliphatic heterocycles. The number of phosphoric ester groups is 2. The van der Waals surface area contributed by atoms with Gasteiger partial charge in [0.05, 0.1) is 32.8 Å². The minimum absolute atomic E-state index is 0.0532. The minimum atomic E-state index is -5.00.